The quantitative estimate of drug-likeness (QED) is 0.746. The lowest BCUT2D eigenvalue weighted by Gasteiger charge is -2.22. The molecule has 4 rings (SSSR count). The molecule has 7 heteroatoms. The second kappa shape index (κ2) is 7.40. The van der Waals surface area contributed by atoms with Crippen molar-refractivity contribution in [3.8, 4) is 0 Å². The lowest BCUT2D eigenvalue weighted by molar-refractivity contribution is 0.0708. The van der Waals surface area contributed by atoms with Crippen molar-refractivity contribution < 1.29 is 9.21 Å². The van der Waals surface area contributed by atoms with Gasteiger partial charge in [-0.3, -0.25) is 9.59 Å². The summed E-state index contributed by atoms with van der Waals surface area (Å²) in [4.78, 5) is 33.0. The van der Waals surface area contributed by atoms with Crippen molar-refractivity contribution in [3.05, 3.63) is 86.9 Å². The smallest absolute Gasteiger partial charge is 0.271 e. The highest BCUT2D eigenvalue weighted by Gasteiger charge is 2.34. The topological polar surface area (TPSA) is 79.2 Å². The Bertz CT molecular complexity index is 1030. The zero-order valence-corrected chi connectivity index (χ0v) is 15.3. The maximum atomic E-state index is 12.8. The number of amides is 1. The number of benzene rings is 1. The van der Waals surface area contributed by atoms with Crippen LogP contribution in [-0.2, 0) is 6.42 Å². The van der Waals surface area contributed by atoms with Crippen molar-refractivity contribution in [2.75, 3.05) is 6.54 Å². The fourth-order valence-corrected chi connectivity index (χ4v) is 3.58. The summed E-state index contributed by atoms with van der Waals surface area (Å²) in [7, 11) is 0. The van der Waals surface area contributed by atoms with Crippen LogP contribution in [0.15, 0.2) is 57.9 Å². The van der Waals surface area contributed by atoms with Crippen LogP contribution in [0, 0.1) is 0 Å². The average Bonchev–Trinajstić information content (AvgIpc) is 3.32. The average molecular weight is 384 g/mol. The first-order chi connectivity index (χ1) is 13.1. The molecule has 3 aromatic rings. The fraction of sp³-hybridized carbons (Fsp3) is 0.250. The van der Waals surface area contributed by atoms with Gasteiger partial charge in [0, 0.05) is 24.1 Å². The highest BCUT2D eigenvalue weighted by molar-refractivity contribution is 6.31. The molecule has 0 bridgehead atoms. The molecule has 1 fully saturated rings. The largest absolute Gasteiger partial charge is 0.443 e. The van der Waals surface area contributed by atoms with E-state index in [1.54, 1.807) is 23.2 Å². The van der Waals surface area contributed by atoms with Gasteiger partial charge < -0.3 is 14.3 Å². The molecule has 27 heavy (non-hydrogen) atoms. The predicted molar refractivity (Wildman–Crippen MR) is 101 cm³/mol. The minimum Gasteiger partial charge on any atom is -0.443 e. The zero-order chi connectivity index (χ0) is 18.8. The number of pyridine rings is 1. The lowest BCUT2D eigenvalue weighted by Crippen LogP contribution is -2.32. The van der Waals surface area contributed by atoms with Crippen molar-refractivity contribution in [1.82, 2.24) is 14.9 Å². The minimum absolute atomic E-state index is 0.221. The standard InChI is InChI=1S/C20H18ClN3O3/c21-15-6-2-1-5-13(15)11-14-12-22-19(27-14)17-8-4-10-24(17)20(26)16-7-3-9-18(25)23-16/h1-3,5-7,9,12,17H,4,8,10-11H2,(H,23,25). The number of rotatable bonds is 4. The Morgan fingerprint density at radius 3 is 2.93 bits per heavy atom. The molecule has 1 aromatic carbocycles. The van der Waals surface area contributed by atoms with Crippen molar-refractivity contribution in [3.63, 3.8) is 0 Å². The summed E-state index contributed by atoms with van der Waals surface area (Å²) in [5, 5.41) is 0.682. The van der Waals surface area contributed by atoms with Crippen LogP contribution in [0.3, 0.4) is 0 Å². The van der Waals surface area contributed by atoms with Gasteiger partial charge in [0.05, 0.1) is 6.20 Å². The third kappa shape index (κ3) is 3.66. The molecular formula is C20H18ClN3O3. The number of nitrogens with zero attached hydrogens (tertiary/aromatic N) is 2. The van der Waals surface area contributed by atoms with Gasteiger partial charge in [0.15, 0.2) is 0 Å². The summed E-state index contributed by atoms with van der Waals surface area (Å²) in [5.74, 6) is 0.993. The van der Waals surface area contributed by atoms with Crippen LogP contribution in [0.25, 0.3) is 0 Å². The number of aromatic nitrogens is 2. The van der Waals surface area contributed by atoms with Crippen LogP contribution in [0.4, 0.5) is 0 Å². The Kier molecular flexibility index (Phi) is 4.81. The second-order valence-corrected chi connectivity index (χ2v) is 6.93. The van der Waals surface area contributed by atoms with Crippen molar-refractivity contribution in [1.29, 1.82) is 0 Å². The molecule has 6 nitrogen and oxygen atoms in total. The van der Waals surface area contributed by atoms with E-state index in [2.05, 4.69) is 9.97 Å². The molecule has 1 aliphatic rings. The number of H-pyrrole nitrogens is 1. The van der Waals surface area contributed by atoms with Crippen LogP contribution in [0.2, 0.25) is 5.02 Å². The summed E-state index contributed by atoms with van der Waals surface area (Å²) in [6.45, 7) is 0.600. The van der Waals surface area contributed by atoms with Gasteiger partial charge in [-0.25, -0.2) is 4.98 Å². The summed E-state index contributed by atoms with van der Waals surface area (Å²) < 4.78 is 5.93. The first-order valence-electron chi connectivity index (χ1n) is 8.80. The van der Waals surface area contributed by atoms with E-state index in [4.69, 9.17) is 16.0 Å². The number of carbonyl (C=O) groups is 1. The summed E-state index contributed by atoms with van der Waals surface area (Å²) in [6.07, 6.45) is 3.86. The van der Waals surface area contributed by atoms with Crippen molar-refractivity contribution in [2.45, 2.75) is 25.3 Å². The van der Waals surface area contributed by atoms with Gasteiger partial charge in [0.2, 0.25) is 11.4 Å². The number of oxazole rings is 1. The minimum atomic E-state index is -0.297. The van der Waals surface area contributed by atoms with Crippen LogP contribution >= 0.6 is 11.6 Å². The first-order valence-corrected chi connectivity index (χ1v) is 9.18. The Morgan fingerprint density at radius 2 is 2.11 bits per heavy atom. The fourth-order valence-electron chi connectivity index (χ4n) is 3.38. The summed E-state index contributed by atoms with van der Waals surface area (Å²) in [6, 6.07) is 11.9. The van der Waals surface area contributed by atoms with Gasteiger partial charge in [-0.1, -0.05) is 35.9 Å². The molecule has 1 aliphatic heterocycles. The molecule has 1 atom stereocenters. The van der Waals surface area contributed by atoms with E-state index in [1.165, 1.54) is 6.07 Å². The Balaban J connectivity index is 1.54. The van der Waals surface area contributed by atoms with Crippen LogP contribution in [-0.4, -0.2) is 27.3 Å². The molecule has 1 amide bonds. The number of halogens is 1. The van der Waals surface area contributed by atoms with Crippen LogP contribution in [0.1, 0.15) is 46.6 Å². The highest BCUT2D eigenvalue weighted by atomic mass is 35.5. The number of hydrogen-bond donors (Lipinski definition) is 1. The molecule has 0 spiro atoms. The summed E-state index contributed by atoms with van der Waals surface area (Å²) in [5.41, 5.74) is 0.940. The SMILES string of the molecule is O=C(c1cccc(=O)[nH]1)N1CCCC1c1ncc(Cc2ccccc2Cl)o1. The van der Waals surface area contributed by atoms with Gasteiger partial charge in [-0.2, -0.15) is 0 Å². The first kappa shape index (κ1) is 17.5. The maximum Gasteiger partial charge on any atom is 0.271 e. The molecule has 1 unspecified atom stereocenters. The molecule has 1 N–H and O–H groups in total. The van der Waals surface area contributed by atoms with Crippen LogP contribution in [0.5, 0.6) is 0 Å². The summed E-state index contributed by atoms with van der Waals surface area (Å²) >= 11 is 6.21. The molecule has 0 saturated carbocycles. The van der Waals surface area contributed by atoms with E-state index in [9.17, 15) is 9.59 Å². The number of likely N-dealkylation sites (tertiary alicyclic amines) is 1. The van der Waals surface area contributed by atoms with E-state index in [1.807, 2.05) is 24.3 Å². The number of hydrogen-bond acceptors (Lipinski definition) is 4. The maximum absolute atomic E-state index is 12.8. The van der Waals surface area contributed by atoms with Crippen molar-refractivity contribution in [2.24, 2.45) is 0 Å². The van der Waals surface area contributed by atoms with Crippen molar-refractivity contribution >= 4 is 17.5 Å². The number of carbonyl (C=O) groups excluding carboxylic acids is 1. The Morgan fingerprint density at radius 1 is 1.26 bits per heavy atom. The zero-order valence-electron chi connectivity index (χ0n) is 14.5. The third-order valence-corrected chi connectivity index (χ3v) is 5.06. The van der Waals surface area contributed by atoms with Gasteiger partial charge in [-0.15, -0.1) is 0 Å². The molecule has 2 aromatic heterocycles. The van der Waals surface area contributed by atoms with Gasteiger partial charge >= 0.3 is 0 Å². The van der Waals surface area contributed by atoms with E-state index in [-0.39, 0.29) is 23.2 Å². The normalized spacial score (nSPS) is 16.6. The Hall–Kier alpha value is -2.86. The van der Waals surface area contributed by atoms with Crippen LogP contribution < -0.4 is 5.56 Å². The van der Waals surface area contributed by atoms with E-state index < -0.39 is 0 Å². The predicted octanol–water partition coefficient (Wildman–Crippen LogP) is 3.58. The molecule has 138 valence electrons. The molecular weight excluding hydrogens is 366 g/mol. The molecule has 0 aliphatic carbocycles. The molecule has 3 heterocycles. The molecule has 0 radical (unpaired) electrons. The lowest BCUT2D eigenvalue weighted by atomic mass is 10.1. The van der Waals surface area contributed by atoms with E-state index in [0.29, 0.717) is 29.6 Å². The third-order valence-electron chi connectivity index (χ3n) is 4.69. The monoisotopic (exact) mass is 383 g/mol. The van der Waals surface area contributed by atoms with Gasteiger partial charge in [0.1, 0.15) is 17.5 Å². The Labute approximate surface area is 160 Å². The van der Waals surface area contributed by atoms with E-state index in [0.717, 1.165) is 18.4 Å². The highest BCUT2D eigenvalue weighted by Crippen LogP contribution is 2.33. The van der Waals surface area contributed by atoms with Gasteiger partial charge in [0.25, 0.3) is 5.91 Å². The van der Waals surface area contributed by atoms with E-state index >= 15 is 0 Å². The number of nitrogens with one attached hydrogen (secondary N) is 1. The number of aromatic amines is 1. The van der Waals surface area contributed by atoms with Gasteiger partial charge in [-0.05, 0) is 30.5 Å². The second-order valence-electron chi connectivity index (χ2n) is 6.52. The molecule has 1 saturated heterocycles.